The second kappa shape index (κ2) is 6.18. The van der Waals surface area contributed by atoms with Crippen LogP contribution in [0.1, 0.15) is 12.5 Å². The highest BCUT2D eigenvalue weighted by Gasteiger charge is 2.20. The van der Waals surface area contributed by atoms with Gasteiger partial charge in [-0.15, -0.1) is 0 Å². The summed E-state index contributed by atoms with van der Waals surface area (Å²) in [4.78, 5) is 4.39. The maximum atomic E-state index is 6.39. The second-order valence-electron chi connectivity index (χ2n) is 6.16. The quantitative estimate of drug-likeness (QED) is 0.754. The fourth-order valence-electron chi connectivity index (χ4n) is 2.56. The predicted octanol–water partition coefficient (Wildman–Crippen LogP) is 3.22. The van der Waals surface area contributed by atoms with E-state index in [1.165, 1.54) is 0 Å². The van der Waals surface area contributed by atoms with Crippen molar-refractivity contribution in [3.05, 3.63) is 53.4 Å². The van der Waals surface area contributed by atoms with Gasteiger partial charge in [0.25, 0.3) is 0 Å². The molecule has 0 radical (unpaired) electrons. The summed E-state index contributed by atoms with van der Waals surface area (Å²) in [5.41, 5.74) is 8.76. The van der Waals surface area contributed by atoms with E-state index in [9.17, 15) is 0 Å². The third-order valence-electron chi connectivity index (χ3n) is 3.81. The lowest BCUT2D eigenvalue weighted by molar-refractivity contribution is 0.394. The number of nitrogens with zero attached hydrogens (tertiary/aromatic N) is 3. The third kappa shape index (κ3) is 3.46. The highest BCUT2D eigenvalue weighted by atomic mass is 35.5. The molecule has 0 amide bonds. The molecule has 1 atom stereocenters. The van der Waals surface area contributed by atoms with Gasteiger partial charge >= 0.3 is 0 Å². The first-order chi connectivity index (χ1) is 11.0. The second-order valence-corrected chi connectivity index (χ2v) is 6.54. The Hall–Kier alpha value is -2.11. The van der Waals surface area contributed by atoms with Gasteiger partial charge in [0.1, 0.15) is 0 Å². The molecule has 0 aliphatic rings. The van der Waals surface area contributed by atoms with Crippen LogP contribution in [0, 0.1) is 6.92 Å². The monoisotopic (exact) mass is 329 g/mol. The summed E-state index contributed by atoms with van der Waals surface area (Å²) in [6, 6.07) is 7.87. The molecule has 6 heteroatoms. The van der Waals surface area contributed by atoms with Crippen molar-refractivity contribution in [2.24, 2.45) is 5.73 Å². The van der Waals surface area contributed by atoms with E-state index in [1.54, 1.807) is 12.4 Å². The molecule has 0 aliphatic heterocycles. The van der Waals surface area contributed by atoms with Gasteiger partial charge in [0.05, 0.1) is 17.1 Å². The van der Waals surface area contributed by atoms with E-state index in [2.05, 4.69) is 15.4 Å². The topological polar surface area (TPSA) is 68.8 Å². The maximum Gasteiger partial charge on any atom is 0.0911 e. The molecule has 0 aliphatic carbocycles. The maximum absolute atomic E-state index is 6.39. The zero-order valence-electron chi connectivity index (χ0n) is 13.3. The summed E-state index contributed by atoms with van der Waals surface area (Å²) in [5.74, 6) is 0. The van der Waals surface area contributed by atoms with Crippen LogP contribution in [0.2, 0.25) is 5.02 Å². The first-order valence-corrected chi connectivity index (χ1v) is 7.88. The predicted molar refractivity (Wildman–Crippen MR) is 94.8 cm³/mol. The number of pyridine rings is 1. The van der Waals surface area contributed by atoms with E-state index < -0.39 is 5.54 Å². The Labute approximate surface area is 140 Å². The van der Waals surface area contributed by atoms with Gasteiger partial charge in [-0.3, -0.25) is 9.67 Å². The van der Waals surface area contributed by atoms with Crippen molar-refractivity contribution in [1.82, 2.24) is 14.8 Å². The Morgan fingerprint density at radius 3 is 2.87 bits per heavy atom. The molecule has 23 heavy (non-hydrogen) atoms. The Morgan fingerprint density at radius 1 is 1.30 bits per heavy atom. The molecule has 0 spiro atoms. The Morgan fingerprint density at radius 2 is 2.13 bits per heavy atom. The van der Waals surface area contributed by atoms with Crippen LogP contribution in [0.25, 0.3) is 10.9 Å². The largest absolute Gasteiger partial charge is 0.383 e. The minimum absolute atomic E-state index is 0.434. The SMILES string of the molecule is Cc1ccc2c(NCC(C)(N)Cn3cccn3)ccnc2c1Cl. The molecule has 2 aromatic heterocycles. The van der Waals surface area contributed by atoms with Crippen LogP contribution in [0.5, 0.6) is 0 Å². The minimum atomic E-state index is -0.434. The average Bonchev–Trinajstić information content (AvgIpc) is 3.01. The number of rotatable bonds is 5. The number of anilines is 1. The fourth-order valence-corrected chi connectivity index (χ4v) is 2.77. The van der Waals surface area contributed by atoms with Crippen LogP contribution in [0.4, 0.5) is 5.69 Å². The zero-order chi connectivity index (χ0) is 16.4. The lowest BCUT2D eigenvalue weighted by atomic mass is 10.0. The Bertz CT molecular complexity index is 811. The molecule has 1 unspecified atom stereocenters. The molecular formula is C17H20ClN5. The van der Waals surface area contributed by atoms with Crippen molar-refractivity contribution in [3.8, 4) is 0 Å². The first-order valence-electron chi connectivity index (χ1n) is 7.50. The van der Waals surface area contributed by atoms with Gasteiger partial charge in [-0.1, -0.05) is 23.7 Å². The van der Waals surface area contributed by atoms with Crippen LogP contribution in [-0.4, -0.2) is 26.8 Å². The van der Waals surface area contributed by atoms with Crippen molar-refractivity contribution in [2.75, 3.05) is 11.9 Å². The summed E-state index contributed by atoms with van der Waals surface area (Å²) in [6.07, 6.45) is 5.43. The van der Waals surface area contributed by atoms with Crippen LogP contribution in [-0.2, 0) is 6.54 Å². The van der Waals surface area contributed by atoms with Crippen LogP contribution < -0.4 is 11.1 Å². The van der Waals surface area contributed by atoms with Gasteiger partial charge < -0.3 is 11.1 Å². The summed E-state index contributed by atoms with van der Waals surface area (Å²) < 4.78 is 1.84. The van der Waals surface area contributed by atoms with Crippen molar-refractivity contribution in [3.63, 3.8) is 0 Å². The fraction of sp³-hybridized carbons (Fsp3) is 0.294. The summed E-state index contributed by atoms with van der Waals surface area (Å²) in [6.45, 7) is 5.22. The number of nitrogens with one attached hydrogen (secondary N) is 1. The molecular weight excluding hydrogens is 310 g/mol. The molecule has 120 valence electrons. The number of aromatic nitrogens is 3. The van der Waals surface area contributed by atoms with Gasteiger partial charge in [-0.2, -0.15) is 5.10 Å². The van der Waals surface area contributed by atoms with E-state index in [-0.39, 0.29) is 0 Å². The molecule has 5 nitrogen and oxygen atoms in total. The molecule has 3 rings (SSSR count). The van der Waals surface area contributed by atoms with E-state index >= 15 is 0 Å². The molecule has 0 bridgehead atoms. The number of fused-ring (bicyclic) bond motifs is 1. The standard InChI is InChI=1S/C17H20ClN5/c1-12-4-5-13-14(6-8-20-16(13)15(12)18)21-10-17(2,19)11-23-9-3-7-22-23/h3-9H,10-11,19H2,1-2H3,(H,20,21). The van der Waals surface area contributed by atoms with E-state index in [0.29, 0.717) is 18.1 Å². The smallest absolute Gasteiger partial charge is 0.0911 e. The zero-order valence-corrected chi connectivity index (χ0v) is 14.0. The highest BCUT2D eigenvalue weighted by Crippen LogP contribution is 2.29. The Balaban J connectivity index is 1.80. The van der Waals surface area contributed by atoms with Crippen LogP contribution >= 0.6 is 11.6 Å². The van der Waals surface area contributed by atoms with Gasteiger partial charge in [0.15, 0.2) is 0 Å². The first kappa shape index (κ1) is 15.8. The number of hydrogen-bond donors (Lipinski definition) is 2. The molecule has 0 saturated carbocycles. The van der Waals surface area contributed by atoms with E-state index in [1.807, 2.05) is 49.0 Å². The summed E-state index contributed by atoms with van der Waals surface area (Å²) >= 11 is 6.36. The number of nitrogens with two attached hydrogens (primary N) is 1. The number of benzene rings is 1. The molecule has 1 aromatic carbocycles. The number of hydrogen-bond acceptors (Lipinski definition) is 4. The highest BCUT2D eigenvalue weighted by molar-refractivity contribution is 6.36. The molecule has 2 heterocycles. The molecule has 0 fully saturated rings. The molecule has 0 saturated heterocycles. The van der Waals surface area contributed by atoms with Crippen molar-refractivity contribution in [1.29, 1.82) is 0 Å². The van der Waals surface area contributed by atoms with Crippen molar-refractivity contribution >= 4 is 28.2 Å². The molecule has 3 aromatic rings. The van der Waals surface area contributed by atoms with Gasteiger partial charge in [0.2, 0.25) is 0 Å². The van der Waals surface area contributed by atoms with Gasteiger partial charge in [-0.25, -0.2) is 0 Å². The average molecular weight is 330 g/mol. The minimum Gasteiger partial charge on any atom is -0.383 e. The van der Waals surface area contributed by atoms with Crippen molar-refractivity contribution in [2.45, 2.75) is 25.9 Å². The van der Waals surface area contributed by atoms with Gasteiger partial charge in [0, 0.05) is 41.7 Å². The van der Waals surface area contributed by atoms with E-state index in [4.69, 9.17) is 17.3 Å². The lowest BCUT2D eigenvalue weighted by Crippen LogP contribution is -2.47. The summed E-state index contributed by atoms with van der Waals surface area (Å²) in [5, 5.41) is 9.32. The van der Waals surface area contributed by atoms with Crippen LogP contribution in [0.15, 0.2) is 42.9 Å². The number of aryl methyl sites for hydroxylation is 1. The summed E-state index contributed by atoms with van der Waals surface area (Å²) in [7, 11) is 0. The lowest BCUT2D eigenvalue weighted by Gasteiger charge is -2.26. The Kier molecular flexibility index (Phi) is 4.24. The van der Waals surface area contributed by atoms with E-state index in [0.717, 1.165) is 22.2 Å². The van der Waals surface area contributed by atoms with Crippen molar-refractivity contribution < 1.29 is 0 Å². The third-order valence-corrected chi connectivity index (χ3v) is 4.29. The molecule has 3 N–H and O–H groups in total. The normalized spacial score (nSPS) is 13.9. The number of halogens is 1. The van der Waals surface area contributed by atoms with Gasteiger partial charge in [-0.05, 0) is 31.5 Å². The van der Waals surface area contributed by atoms with Crippen LogP contribution in [0.3, 0.4) is 0 Å².